The summed E-state index contributed by atoms with van der Waals surface area (Å²) in [5.41, 5.74) is 0.828. The quantitative estimate of drug-likeness (QED) is 0.463. The summed E-state index contributed by atoms with van der Waals surface area (Å²) in [5, 5.41) is 20.2. The fourth-order valence-corrected chi connectivity index (χ4v) is 2.71. The van der Waals surface area contributed by atoms with Crippen molar-refractivity contribution >= 4 is 23.6 Å². The number of benzene rings is 2. The fraction of sp³-hybridized carbons (Fsp3) is 0.133. The Morgan fingerprint density at radius 3 is 2.45 bits per heavy atom. The summed E-state index contributed by atoms with van der Waals surface area (Å²) in [6, 6.07) is 14.6. The molecule has 1 atom stereocenters. The molecular weight excluding hydrogens is 304 g/mol. The zero-order valence-electron chi connectivity index (χ0n) is 11.5. The van der Waals surface area contributed by atoms with Crippen molar-refractivity contribution in [3.8, 4) is 0 Å². The van der Waals surface area contributed by atoms with Crippen molar-refractivity contribution in [1.82, 2.24) is 4.72 Å². The molecule has 2 rings (SSSR count). The summed E-state index contributed by atoms with van der Waals surface area (Å²) in [5.74, 6) is -1.00. The van der Waals surface area contributed by atoms with Crippen LogP contribution in [0, 0.1) is 10.1 Å². The maximum absolute atomic E-state index is 11.3. The number of hydrogen-bond donors (Lipinski definition) is 2. The molecule has 0 fully saturated rings. The van der Waals surface area contributed by atoms with E-state index in [1.165, 1.54) is 6.07 Å². The zero-order chi connectivity index (χ0) is 15.9. The van der Waals surface area contributed by atoms with E-state index in [9.17, 15) is 20.0 Å². The van der Waals surface area contributed by atoms with Crippen LogP contribution in [0.1, 0.15) is 5.56 Å². The SMILES string of the molecule is O=C(O)[C@@H](Cc1ccccc1)NSc1ccccc1[N+](=O)[O-]. The molecule has 114 valence electrons. The molecule has 0 saturated heterocycles. The van der Waals surface area contributed by atoms with E-state index in [1.807, 2.05) is 30.3 Å². The van der Waals surface area contributed by atoms with Crippen LogP contribution < -0.4 is 4.72 Å². The van der Waals surface area contributed by atoms with Crippen LogP contribution in [0.5, 0.6) is 0 Å². The Balaban J connectivity index is 2.07. The Hall–Kier alpha value is -2.38. The summed E-state index contributed by atoms with van der Waals surface area (Å²) < 4.78 is 2.79. The van der Waals surface area contributed by atoms with Gasteiger partial charge in [-0.2, -0.15) is 0 Å². The van der Waals surface area contributed by atoms with Crippen molar-refractivity contribution in [3.05, 3.63) is 70.3 Å². The molecule has 0 aliphatic carbocycles. The molecule has 0 heterocycles. The molecule has 0 saturated carbocycles. The number of rotatable bonds is 7. The predicted octanol–water partition coefficient (Wildman–Crippen LogP) is 2.89. The van der Waals surface area contributed by atoms with Gasteiger partial charge in [-0.15, -0.1) is 0 Å². The first-order chi connectivity index (χ1) is 10.6. The van der Waals surface area contributed by atoms with Crippen LogP contribution in [0.4, 0.5) is 5.69 Å². The molecule has 0 bridgehead atoms. The van der Waals surface area contributed by atoms with E-state index in [4.69, 9.17) is 0 Å². The maximum Gasteiger partial charge on any atom is 0.321 e. The van der Waals surface area contributed by atoms with Crippen LogP contribution in [-0.4, -0.2) is 22.0 Å². The van der Waals surface area contributed by atoms with E-state index < -0.39 is 16.9 Å². The van der Waals surface area contributed by atoms with Gasteiger partial charge in [-0.1, -0.05) is 42.5 Å². The van der Waals surface area contributed by atoms with Gasteiger partial charge in [0, 0.05) is 6.07 Å². The summed E-state index contributed by atoms with van der Waals surface area (Å²) in [4.78, 5) is 22.2. The third-order valence-electron chi connectivity index (χ3n) is 2.95. The van der Waals surface area contributed by atoms with Crippen molar-refractivity contribution in [2.45, 2.75) is 17.4 Å². The third kappa shape index (κ3) is 4.31. The molecular formula is C15H14N2O4S. The van der Waals surface area contributed by atoms with Gasteiger partial charge in [0.1, 0.15) is 10.9 Å². The van der Waals surface area contributed by atoms with Crippen LogP contribution in [0.15, 0.2) is 59.5 Å². The number of carboxylic acid groups (broad SMARTS) is 1. The minimum atomic E-state index is -1.00. The van der Waals surface area contributed by atoms with Gasteiger partial charge >= 0.3 is 5.97 Å². The largest absolute Gasteiger partial charge is 0.480 e. The summed E-state index contributed by atoms with van der Waals surface area (Å²) in [6.07, 6.45) is 0.295. The fourth-order valence-electron chi connectivity index (χ4n) is 1.86. The van der Waals surface area contributed by atoms with E-state index in [-0.39, 0.29) is 5.69 Å². The molecule has 7 heteroatoms. The zero-order valence-corrected chi connectivity index (χ0v) is 12.3. The number of para-hydroxylation sites is 1. The Morgan fingerprint density at radius 1 is 1.18 bits per heavy atom. The van der Waals surface area contributed by atoms with Crippen molar-refractivity contribution in [2.75, 3.05) is 0 Å². The number of carbonyl (C=O) groups is 1. The molecule has 0 amide bonds. The van der Waals surface area contributed by atoms with E-state index in [0.29, 0.717) is 11.3 Å². The van der Waals surface area contributed by atoms with Gasteiger partial charge in [0.2, 0.25) is 0 Å². The second-order valence-corrected chi connectivity index (χ2v) is 5.40. The number of hydrogen-bond acceptors (Lipinski definition) is 5. The molecule has 0 aliphatic heterocycles. The van der Waals surface area contributed by atoms with Crippen LogP contribution in [0.2, 0.25) is 0 Å². The molecule has 0 spiro atoms. The Labute approximate surface area is 131 Å². The van der Waals surface area contributed by atoms with Gasteiger partial charge in [0.15, 0.2) is 0 Å². The minimum Gasteiger partial charge on any atom is -0.480 e. The molecule has 0 aromatic heterocycles. The van der Waals surface area contributed by atoms with Crippen molar-refractivity contribution in [3.63, 3.8) is 0 Å². The van der Waals surface area contributed by atoms with E-state index in [2.05, 4.69) is 4.72 Å². The van der Waals surface area contributed by atoms with Crippen molar-refractivity contribution < 1.29 is 14.8 Å². The Bertz CT molecular complexity index is 664. The third-order valence-corrected chi connectivity index (χ3v) is 3.92. The van der Waals surface area contributed by atoms with Gasteiger partial charge in [0.25, 0.3) is 5.69 Å². The number of carboxylic acids is 1. The highest BCUT2D eigenvalue weighted by molar-refractivity contribution is 7.97. The number of nitro benzene ring substituents is 1. The summed E-state index contributed by atoms with van der Waals surface area (Å²) in [7, 11) is 0. The lowest BCUT2D eigenvalue weighted by Crippen LogP contribution is -2.34. The van der Waals surface area contributed by atoms with E-state index in [1.54, 1.807) is 18.2 Å². The average molecular weight is 318 g/mol. The number of aliphatic carboxylic acids is 1. The Kier molecular flexibility index (Phi) is 5.51. The molecule has 2 N–H and O–H groups in total. The van der Waals surface area contributed by atoms with Crippen molar-refractivity contribution in [2.24, 2.45) is 0 Å². The normalized spacial score (nSPS) is 11.8. The van der Waals surface area contributed by atoms with E-state index in [0.717, 1.165) is 17.5 Å². The summed E-state index contributed by atoms with van der Waals surface area (Å²) in [6.45, 7) is 0. The van der Waals surface area contributed by atoms with Gasteiger partial charge in [-0.25, -0.2) is 4.72 Å². The highest BCUT2D eigenvalue weighted by Crippen LogP contribution is 2.27. The average Bonchev–Trinajstić information content (AvgIpc) is 2.52. The lowest BCUT2D eigenvalue weighted by Gasteiger charge is -2.13. The standard InChI is InChI=1S/C15H14N2O4S/c18-15(19)12(10-11-6-2-1-3-7-11)16-22-14-9-5-4-8-13(14)17(20)21/h1-9,12,16H,10H2,(H,18,19)/t12-/m1/s1. The summed E-state index contributed by atoms with van der Waals surface area (Å²) >= 11 is 0.959. The van der Waals surface area contributed by atoms with Crippen LogP contribution in [0.25, 0.3) is 0 Å². The topological polar surface area (TPSA) is 92.5 Å². The predicted molar refractivity (Wildman–Crippen MR) is 83.7 cm³/mol. The molecule has 0 unspecified atom stereocenters. The van der Waals surface area contributed by atoms with Crippen molar-refractivity contribution in [1.29, 1.82) is 0 Å². The molecule has 22 heavy (non-hydrogen) atoms. The molecule has 6 nitrogen and oxygen atoms in total. The van der Waals surface area contributed by atoms with Gasteiger partial charge < -0.3 is 5.11 Å². The number of nitrogens with one attached hydrogen (secondary N) is 1. The Morgan fingerprint density at radius 2 is 1.82 bits per heavy atom. The van der Waals surface area contributed by atoms with Crippen LogP contribution >= 0.6 is 11.9 Å². The highest BCUT2D eigenvalue weighted by atomic mass is 32.2. The van der Waals surface area contributed by atoms with Gasteiger partial charge in [-0.3, -0.25) is 14.9 Å². The first kappa shape index (κ1) is 16.0. The van der Waals surface area contributed by atoms with Crippen LogP contribution in [-0.2, 0) is 11.2 Å². The smallest absolute Gasteiger partial charge is 0.321 e. The van der Waals surface area contributed by atoms with Gasteiger partial charge in [0.05, 0.1) is 4.92 Å². The highest BCUT2D eigenvalue weighted by Gasteiger charge is 2.20. The molecule has 2 aromatic carbocycles. The number of nitrogens with zero attached hydrogens (tertiary/aromatic N) is 1. The lowest BCUT2D eigenvalue weighted by molar-refractivity contribution is -0.387. The second kappa shape index (κ2) is 7.58. The second-order valence-electron chi connectivity index (χ2n) is 4.53. The van der Waals surface area contributed by atoms with Crippen LogP contribution in [0.3, 0.4) is 0 Å². The molecule has 0 radical (unpaired) electrons. The first-order valence-electron chi connectivity index (χ1n) is 6.50. The lowest BCUT2D eigenvalue weighted by atomic mass is 10.1. The monoisotopic (exact) mass is 318 g/mol. The van der Waals surface area contributed by atoms with E-state index >= 15 is 0 Å². The van der Waals surface area contributed by atoms with Gasteiger partial charge in [-0.05, 0) is 30.0 Å². The number of nitro groups is 1. The maximum atomic E-state index is 11.3. The minimum absolute atomic E-state index is 0.0520. The molecule has 0 aliphatic rings. The molecule has 2 aromatic rings. The first-order valence-corrected chi connectivity index (χ1v) is 7.32.